The zero-order valence-corrected chi connectivity index (χ0v) is 11.5. The standard InChI is InChI=1S/C14H13N3O5/c18-8(6-16-11(19)5-15-14(16)22)7-17-12(20)9-3-1-2-4-10(9)13(17)21/h1-4,8,18H,5-7H2,(H,15,22)/t8-/m0/s1. The average molecular weight is 303 g/mol. The van der Waals surface area contributed by atoms with Crippen LogP contribution in [0.1, 0.15) is 20.7 Å². The Balaban J connectivity index is 1.69. The van der Waals surface area contributed by atoms with Crippen LogP contribution in [0.3, 0.4) is 0 Å². The molecule has 2 aliphatic rings. The molecule has 0 aliphatic carbocycles. The van der Waals surface area contributed by atoms with Gasteiger partial charge in [-0.1, -0.05) is 12.1 Å². The van der Waals surface area contributed by atoms with Crippen LogP contribution in [0.4, 0.5) is 4.79 Å². The lowest BCUT2D eigenvalue weighted by Crippen LogP contribution is -2.44. The Bertz CT molecular complexity index is 636. The zero-order chi connectivity index (χ0) is 15.9. The number of hydrogen-bond acceptors (Lipinski definition) is 5. The summed E-state index contributed by atoms with van der Waals surface area (Å²) in [6.45, 7) is -0.653. The number of carbonyl (C=O) groups excluding carboxylic acids is 4. The van der Waals surface area contributed by atoms with Crippen molar-refractivity contribution in [2.45, 2.75) is 6.10 Å². The lowest BCUT2D eigenvalue weighted by molar-refractivity contribution is -0.126. The second kappa shape index (κ2) is 5.23. The molecular weight excluding hydrogens is 290 g/mol. The average Bonchev–Trinajstić information content (AvgIpc) is 2.94. The number of aliphatic hydroxyl groups is 1. The van der Waals surface area contributed by atoms with Gasteiger partial charge in [0.2, 0.25) is 5.91 Å². The van der Waals surface area contributed by atoms with Crippen LogP contribution >= 0.6 is 0 Å². The van der Waals surface area contributed by atoms with Gasteiger partial charge in [0.1, 0.15) is 0 Å². The number of amides is 5. The molecule has 1 fully saturated rings. The molecule has 3 rings (SSSR count). The first-order valence-corrected chi connectivity index (χ1v) is 6.70. The first kappa shape index (κ1) is 14.2. The van der Waals surface area contributed by atoms with Gasteiger partial charge in [0.25, 0.3) is 11.8 Å². The van der Waals surface area contributed by atoms with Crippen molar-refractivity contribution in [2.24, 2.45) is 0 Å². The maximum atomic E-state index is 12.1. The Morgan fingerprint density at radius 1 is 1.00 bits per heavy atom. The van der Waals surface area contributed by atoms with E-state index in [1.807, 2.05) is 0 Å². The van der Waals surface area contributed by atoms with E-state index in [-0.39, 0.29) is 30.8 Å². The molecule has 2 aliphatic heterocycles. The lowest BCUT2D eigenvalue weighted by atomic mass is 10.1. The van der Waals surface area contributed by atoms with Gasteiger partial charge in [0, 0.05) is 0 Å². The fourth-order valence-electron chi connectivity index (χ4n) is 2.52. The molecule has 22 heavy (non-hydrogen) atoms. The van der Waals surface area contributed by atoms with Crippen molar-refractivity contribution in [1.82, 2.24) is 15.1 Å². The highest BCUT2D eigenvalue weighted by molar-refractivity contribution is 6.21. The summed E-state index contributed by atoms with van der Waals surface area (Å²) in [6.07, 6.45) is -1.20. The van der Waals surface area contributed by atoms with Crippen LogP contribution in [-0.4, -0.2) is 64.4 Å². The quantitative estimate of drug-likeness (QED) is 0.559. The smallest absolute Gasteiger partial charge is 0.324 e. The van der Waals surface area contributed by atoms with Crippen LogP contribution in [0.15, 0.2) is 24.3 Å². The van der Waals surface area contributed by atoms with E-state index in [9.17, 15) is 24.3 Å². The van der Waals surface area contributed by atoms with Crippen molar-refractivity contribution < 1.29 is 24.3 Å². The van der Waals surface area contributed by atoms with Crippen molar-refractivity contribution in [1.29, 1.82) is 0 Å². The minimum Gasteiger partial charge on any atom is -0.389 e. The van der Waals surface area contributed by atoms with E-state index in [0.717, 1.165) is 9.80 Å². The fraction of sp³-hybridized carbons (Fsp3) is 0.286. The van der Waals surface area contributed by atoms with Gasteiger partial charge in [-0.05, 0) is 12.1 Å². The number of β-amino-alcohol motifs (C(OH)–C–C–N with tert-alkyl or cyclic N) is 1. The molecule has 1 atom stereocenters. The number of urea groups is 1. The Morgan fingerprint density at radius 2 is 1.55 bits per heavy atom. The molecule has 2 heterocycles. The van der Waals surface area contributed by atoms with E-state index in [2.05, 4.69) is 5.32 Å². The highest BCUT2D eigenvalue weighted by Crippen LogP contribution is 2.22. The molecule has 0 spiro atoms. The van der Waals surface area contributed by atoms with Crippen LogP contribution in [-0.2, 0) is 4.79 Å². The maximum Gasteiger partial charge on any atom is 0.324 e. The number of fused-ring (bicyclic) bond motifs is 1. The second-order valence-corrected chi connectivity index (χ2v) is 5.08. The number of carbonyl (C=O) groups is 4. The third-order valence-corrected chi connectivity index (χ3v) is 3.60. The molecule has 1 aromatic rings. The molecule has 0 unspecified atom stereocenters. The molecule has 2 N–H and O–H groups in total. The largest absolute Gasteiger partial charge is 0.389 e. The summed E-state index contributed by atoms with van der Waals surface area (Å²) < 4.78 is 0. The summed E-state index contributed by atoms with van der Waals surface area (Å²) in [5.74, 6) is -1.43. The van der Waals surface area contributed by atoms with Gasteiger partial charge >= 0.3 is 6.03 Å². The predicted molar refractivity (Wildman–Crippen MR) is 72.9 cm³/mol. The maximum absolute atomic E-state index is 12.1. The van der Waals surface area contributed by atoms with Crippen molar-refractivity contribution in [3.8, 4) is 0 Å². The highest BCUT2D eigenvalue weighted by Gasteiger charge is 2.37. The number of benzene rings is 1. The monoisotopic (exact) mass is 303 g/mol. The van der Waals surface area contributed by atoms with Crippen molar-refractivity contribution in [3.63, 3.8) is 0 Å². The normalized spacial score (nSPS) is 18.8. The highest BCUT2D eigenvalue weighted by atomic mass is 16.3. The summed E-state index contributed by atoms with van der Waals surface area (Å²) in [7, 11) is 0. The predicted octanol–water partition coefficient (Wildman–Crippen LogP) is -0.805. The number of rotatable bonds is 4. The molecule has 5 amide bonds. The number of hydrogen-bond donors (Lipinski definition) is 2. The topological polar surface area (TPSA) is 107 Å². The van der Waals surface area contributed by atoms with E-state index in [0.29, 0.717) is 0 Å². The van der Waals surface area contributed by atoms with E-state index in [1.165, 1.54) is 0 Å². The number of imide groups is 2. The van der Waals surface area contributed by atoms with Gasteiger partial charge < -0.3 is 10.4 Å². The SMILES string of the molecule is O=C1CNC(=O)N1C[C@H](O)CN1C(=O)c2ccccc2C1=O. The van der Waals surface area contributed by atoms with Gasteiger partial charge in [-0.3, -0.25) is 24.2 Å². The third-order valence-electron chi connectivity index (χ3n) is 3.60. The Hall–Kier alpha value is -2.74. The lowest BCUT2D eigenvalue weighted by Gasteiger charge is -2.21. The molecule has 0 saturated carbocycles. The number of nitrogens with zero attached hydrogens (tertiary/aromatic N) is 2. The summed E-state index contributed by atoms with van der Waals surface area (Å²) in [5.41, 5.74) is 0.574. The molecule has 1 aromatic carbocycles. The third kappa shape index (κ3) is 2.23. The van der Waals surface area contributed by atoms with Gasteiger partial charge in [-0.15, -0.1) is 0 Å². The van der Waals surface area contributed by atoms with Crippen LogP contribution in [0.25, 0.3) is 0 Å². The van der Waals surface area contributed by atoms with Crippen molar-refractivity contribution in [2.75, 3.05) is 19.6 Å². The number of nitrogens with one attached hydrogen (secondary N) is 1. The van der Waals surface area contributed by atoms with Crippen LogP contribution in [0.5, 0.6) is 0 Å². The Morgan fingerprint density at radius 3 is 2.05 bits per heavy atom. The summed E-state index contributed by atoms with van der Waals surface area (Å²) in [6, 6.07) is 5.79. The van der Waals surface area contributed by atoms with E-state index < -0.39 is 29.9 Å². The van der Waals surface area contributed by atoms with Gasteiger partial charge in [-0.2, -0.15) is 0 Å². The van der Waals surface area contributed by atoms with E-state index in [4.69, 9.17) is 0 Å². The minimum absolute atomic E-state index is 0.113. The van der Waals surface area contributed by atoms with E-state index in [1.54, 1.807) is 24.3 Å². The molecule has 0 aromatic heterocycles. The Kier molecular flexibility index (Phi) is 3.38. The summed E-state index contributed by atoms with van der Waals surface area (Å²) >= 11 is 0. The van der Waals surface area contributed by atoms with Crippen LogP contribution in [0, 0.1) is 0 Å². The molecular formula is C14H13N3O5. The van der Waals surface area contributed by atoms with Crippen LogP contribution in [0.2, 0.25) is 0 Å². The molecule has 8 heteroatoms. The zero-order valence-electron chi connectivity index (χ0n) is 11.5. The van der Waals surface area contributed by atoms with Gasteiger partial charge in [0.15, 0.2) is 0 Å². The van der Waals surface area contributed by atoms with Crippen LogP contribution < -0.4 is 5.32 Å². The van der Waals surface area contributed by atoms with E-state index >= 15 is 0 Å². The molecule has 114 valence electrons. The first-order chi connectivity index (χ1) is 10.5. The van der Waals surface area contributed by atoms with Crippen molar-refractivity contribution >= 4 is 23.8 Å². The fourth-order valence-corrected chi connectivity index (χ4v) is 2.52. The molecule has 1 saturated heterocycles. The summed E-state index contributed by atoms with van der Waals surface area (Å²) in [5, 5.41) is 12.3. The Labute approximate surface area is 125 Å². The van der Waals surface area contributed by atoms with Crippen molar-refractivity contribution in [3.05, 3.63) is 35.4 Å². The van der Waals surface area contributed by atoms with Gasteiger partial charge in [-0.25, -0.2) is 4.79 Å². The molecule has 0 bridgehead atoms. The summed E-state index contributed by atoms with van der Waals surface area (Å²) in [4.78, 5) is 48.9. The molecule has 8 nitrogen and oxygen atoms in total. The molecule has 0 radical (unpaired) electrons. The number of aliphatic hydroxyl groups excluding tert-OH is 1. The first-order valence-electron chi connectivity index (χ1n) is 6.70. The minimum atomic E-state index is -1.20. The second-order valence-electron chi connectivity index (χ2n) is 5.08. The van der Waals surface area contributed by atoms with Gasteiger partial charge in [0.05, 0.1) is 36.9 Å².